The molecule has 0 fully saturated rings. The van der Waals surface area contributed by atoms with Gasteiger partial charge in [-0.3, -0.25) is 10.2 Å². The van der Waals surface area contributed by atoms with E-state index in [4.69, 9.17) is 11.1 Å². The summed E-state index contributed by atoms with van der Waals surface area (Å²) in [4.78, 5) is 12.6. The highest BCUT2D eigenvalue weighted by atomic mass is 32.2. The van der Waals surface area contributed by atoms with Gasteiger partial charge < -0.3 is 11.1 Å². The highest BCUT2D eigenvalue weighted by Gasteiger charge is 2.27. The number of hydrogen-bond acceptors (Lipinski definition) is 4. The van der Waals surface area contributed by atoms with Crippen LogP contribution in [0.4, 0.5) is 5.69 Å². The van der Waals surface area contributed by atoms with E-state index in [1.807, 2.05) is 24.3 Å². The summed E-state index contributed by atoms with van der Waals surface area (Å²) in [6.07, 6.45) is 0. The van der Waals surface area contributed by atoms with Crippen LogP contribution in [0, 0.1) is 5.41 Å². The molecule has 4 N–H and O–H groups in total. The van der Waals surface area contributed by atoms with Crippen molar-refractivity contribution < 1.29 is 4.79 Å². The first-order valence-electron chi connectivity index (χ1n) is 4.24. The third-order valence-corrected chi connectivity index (χ3v) is 4.12. The van der Waals surface area contributed by atoms with Crippen molar-refractivity contribution in [2.24, 2.45) is 5.73 Å². The third-order valence-electron chi connectivity index (χ3n) is 1.83. The fraction of sp³-hybridized carbons (Fsp3) is 0.111. The fourth-order valence-electron chi connectivity index (χ4n) is 1.23. The number of anilines is 1. The standard InChI is InChI=1S/C9H9N3OS2/c10-9(11)15-8-7(13)12-5-3-1-2-4-6(5)14-8/h1-4,8H,(H3,10,11)(H,12,13). The van der Waals surface area contributed by atoms with E-state index in [0.29, 0.717) is 0 Å². The quantitative estimate of drug-likeness (QED) is 0.514. The molecule has 1 aliphatic rings. The van der Waals surface area contributed by atoms with Crippen LogP contribution in [-0.2, 0) is 4.79 Å². The van der Waals surface area contributed by atoms with Gasteiger partial charge in [-0.05, 0) is 12.1 Å². The highest BCUT2D eigenvalue weighted by Crippen LogP contribution is 2.39. The van der Waals surface area contributed by atoms with Crippen LogP contribution in [0.15, 0.2) is 29.2 Å². The number of amides is 1. The second kappa shape index (κ2) is 4.16. The first-order valence-corrected chi connectivity index (χ1v) is 6.00. The molecule has 1 heterocycles. The van der Waals surface area contributed by atoms with E-state index in [0.717, 1.165) is 22.3 Å². The summed E-state index contributed by atoms with van der Waals surface area (Å²) in [7, 11) is 0. The Bertz CT molecular complexity index is 422. The van der Waals surface area contributed by atoms with E-state index in [2.05, 4.69) is 5.32 Å². The van der Waals surface area contributed by atoms with E-state index < -0.39 is 0 Å². The molecule has 0 spiro atoms. The molecule has 2 rings (SSSR count). The number of nitrogens with one attached hydrogen (secondary N) is 2. The molecule has 0 bridgehead atoms. The zero-order chi connectivity index (χ0) is 10.8. The minimum absolute atomic E-state index is 0.0398. The summed E-state index contributed by atoms with van der Waals surface area (Å²) in [5.74, 6) is -0.112. The van der Waals surface area contributed by atoms with Crippen molar-refractivity contribution in [2.75, 3.05) is 5.32 Å². The fourth-order valence-corrected chi connectivity index (χ4v) is 3.24. The maximum absolute atomic E-state index is 11.6. The molecular formula is C9H9N3OS2. The maximum Gasteiger partial charge on any atom is 0.248 e. The number of nitrogens with two attached hydrogens (primary N) is 1. The average molecular weight is 239 g/mol. The molecule has 78 valence electrons. The first-order chi connectivity index (χ1) is 7.16. The minimum atomic E-state index is -0.364. The van der Waals surface area contributed by atoms with Crippen molar-refractivity contribution in [3.8, 4) is 0 Å². The summed E-state index contributed by atoms with van der Waals surface area (Å²) in [5, 5.41) is 9.89. The third kappa shape index (κ3) is 2.27. The molecule has 4 nitrogen and oxygen atoms in total. The number of carbonyl (C=O) groups excluding carboxylic acids is 1. The van der Waals surface area contributed by atoms with Crippen LogP contribution < -0.4 is 11.1 Å². The van der Waals surface area contributed by atoms with Gasteiger partial charge in [-0.2, -0.15) is 0 Å². The molecule has 1 aliphatic heterocycles. The lowest BCUT2D eigenvalue weighted by Gasteiger charge is -2.22. The molecule has 0 aromatic heterocycles. The van der Waals surface area contributed by atoms with Crippen LogP contribution in [-0.4, -0.2) is 15.7 Å². The number of para-hydroxylation sites is 1. The summed E-state index contributed by atoms with van der Waals surface area (Å²) >= 11 is 2.48. The Hall–Kier alpha value is -1.14. The SMILES string of the molecule is N=C(N)SC1Sc2ccccc2NC1=O. The average Bonchev–Trinajstić information content (AvgIpc) is 2.18. The van der Waals surface area contributed by atoms with Crippen LogP contribution in [0.5, 0.6) is 0 Å². The second-order valence-corrected chi connectivity index (χ2v) is 5.51. The molecule has 6 heteroatoms. The number of fused-ring (bicyclic) bond motifs is 1. The molecule has 0 saturated carbocycles. The van der Waals surface area contributed by atoms with Gasteiger partial charge in [0.15, 0.2) is 5.17 Å². The number of rotatable bonds is 1. The summed E-state index contributed by atoms with van der Waals surface area (Å²) < 4.78 is -0.364. The van der Waals surface area contributed by atoms with Crippen molar-refractivity contribution >= 4 is 40.3 Å². The van der Waals surface area contributed by atoms with Crippen LogP contribution in [0.1, 0.15) is 0 Å². The van der Waals surface area contributed by atoms with E-state index >= 15 is 0 Å². The molecule has 1 aromatic rings. The van der Waals surface area contributed by atoms with Crippen molar-refractivity contribution in [1.29, 1.82) is 5.41 Å². The molecule has 1 unspecified atom stereocenters. The molecule has 1 atom stereocenters. The van der Waals surface area contributed by atoms with Crippen LogP contribution in [0.25, 0.3) is 0 Å². The van der Waals surface area contributed by atoms with Gasteiger partial charge in [0.25, 0.3) is 0 Å². The number of amidine groups is 1. The Morgan fingerprint density at radius 1 is 1.53 bits per heavy atom. The van der Waals surface area contributed by atoms with E-state index in [-0.39, 0.29) is 15.7 Å². The van der Waals surface area contributed by atoms with Gasteiger partial charge in [-0.25, -0.2) is 0 Å². The lowest BCUT2D eigenvalue weighted by Crippen LogP contribution is -2.28. The number of thioether (sulfide) groups is 2. The normalized spacial score (nSPS) is 19.2. The lowest BCUT2D eigenvalue weighted by molar-refractivity contribution is -0.114. The Kier molecular flexibility index (Phi) is 2.88. The predicted molar refractivity (Wildman–Crippen MR) is 64.2 cm³/mol. The maximum atomic E-state index is 11.6. The van der Waals surface area contributed by atoms with Crippen LogP contribution in [0.3, 0.4) is 0 Å². The highest BCUT2D eigenvalue weighted by molar-refractivity contribution is 8.25. The molecule has 0 saturated heterocycles. The molecule has 15 heavy (non-hydrogen) atoms. The van der Waals surface area contributed by atoms with E-state index in [1.165, 1.54) is 11.8 Å². The smallest absolute Gasteiger partial charge is 0.248 e. The first kappa shape index (κ1) is 10.4. The van der Waals surface area contributed by atoms with Gasteiger partial charge in [0.1, 0.15) is 4.58 Å². The molecular weight excluding hydrogens is 230 g/mol. The minimum Gasteiger partial charge on any atom is -0.379 e. The van der Waals surface area contributed by atoms with E-state index in [9.17, 15) is 4.79 Å². The summed E-state index contributed by atoms with van der Waals surface area (Å²) in [6, 6.07) is 7.58. The Morgan fingerprint density at radius 2 is 2.27 bits per heavy atom. The zero-order valence-electron chi connectivity index (χ0n) is 7.69. The summed E-state index contributed by atoms with van der Waals surface area (Å²) in [5.41, 5.74) is 6.09. The van der Waals surface area contributed by atoms with Gasteiger partial charge >= 0.3 is 0 Å². The largest absolute Gasteiger partial charge is 0.379 e. The number of hydrogen-bond donors (Lipinski definition) is 3. The predicted octanol–water partition coefficient (Wildman–Crippen LogP) is 1.68. The Labute approximate surface area is 95.5 Å². The van der Waals surface area contributed by atoms with Gasteiger partial charge in [0.05, 0.1) is 5.69 Å². The number of carbonyl (C=O) groups is 1. The summed E-state index contributed by atoms with van der Waals surface area (Å²) in [6.45, 7) is 0. The molecule has 1 aromatic carbocycles. The topological polar surface area (TPSA) is 79.0 Å². The monoisotopic (exact) mass is 239 g/mol. The Balaban J connectivity index is 2.22. The number of benzene rings is 1. The van der Waals surface area contributed by atoms with Crippen LogP contribution in [0.2, 0.25) is 0 Å². The Morgan fingerprint density at radius 3 is 3.00 bits per heavy atom. The van der Waals surface area contributed by atoms with Crippen molar-refractivity contribution in [3.63, 3.8) is 0 Å². The molecule has 0 radical (unpaired) electrons. The van der Waals surface area contributed by atoms with Crippen molar-refractivity contribution in [1.82, 2.24) is 0 Å². The van der Waals surface area contributed by atoms with Crippen molar-refractivity contribution in [3.05, 3.63) is 24.3 Å². The van der Waals surface area contributed by atoms with E-state index in [1.54, 1.807) is 0 Å². The van der Waals surface area contributed by atoms with Crippen LogP contribution >= 0.6 is 23.5 Å². The lowest BCUT2D eigenvalue weighted by atomic mass is 10.3. The second-order valence-electron chi connectivity index (χ2n) is 2.92. The van der Waals surface area contributed by atoms with Gasteiger partial charge in [0.2, 0.25) is 5.91 Å². The molecule has 1 amide bonds. The van der Waals surface area contributed by atoms with Gasteiger partial charge in [-0.1, -0.05) is 35.7 Å². The van der Waals surface area contributed by atoms with Crippen molar-refractivity contribution in [2.45, 2.75) is 9.48 Å². The van der Waals surface area contributed by atoms with Gasteiger partial charge in [-0.15, -0.1) is 0 Å². The molecule has 0 aliphatic carbocycles. The zero-order valence-corrected chi connectivity index (χ0v) is 9.32. The van der Waals surface area contributed by atoms with Gasteiger partial charge in [0, 0.05) is 4.90 Å².